The smallest absolute Gasteiger partial charge is 0.376 e. The van der Waals surface area contributed by atoms with Gasteiger partial charge in [-0.15, -0.1) is 0 Å². The highest BCUT2D eigenvalue weighted by Crippen LogP contribution is 2.26. The van der Waals surface area contributed by atoms with E-state index in [1.807, 2.05) is 10.9 Å². The molecule has 1 aliphatic rings. The van der Waals surface area contributed by atoms with Crippen LogP contribution in [0.1, 0.15) is 10.5 Å². The average molecular weight is 433 g/mol. The molecule has 1 amide bonds. The van der Waals surface area contributed by atoms with Crippen LogP contribution in [-0.2, 0) is 0 Å². The summed E-state index contributed by atoms with van der Waals surface area (Å²) in [7, 11) is 1.07. The van der Waals surface area contributed by atoms with E-state index < -0.39 is 7.05 Å². The first-order chi connectivity index (χ1) is 15.5. The molecule has 4 heterocycles. The van der Waals surface area contributed by atoms with Crippen LogP contribution in [-0.4, -0.2) is 76.0 Å². The van der Waals surface area contributed by atoms with Gasteiger partial charge < -0.3 is 24.8 Å². The number of carbonyl (C=O) groups is 1. The highest BCUT2D eigenvalue weighted by molar-refractivity contribution is 6.45. The Kier molecular flexibility index (Phi) is 6.57. The van der Waals surface area contributed by atoms with Crippen LogP contribution < -0.4 is 15.0 Å². The molecular weight excluding hydrogens is 409 g/mol. The molecule has 32 heavy (non-hydrogen) atoms. The minimum Gasteiger partial charge on any atom is -0.481 e. The molecule has 10 nitrogen and oxygen atoms in total. The van der Waals surface area contributed by atoms with Gasteiger partial charge in [-0.05, 0) is 25.0 Å². The van der Waals surface area contributed by atoms with Crippen molar-refractivity contribution in [3.8, 4) is 17.3 Å². The maximum absolute atomic E-state index is 12.9. The van der Waals surface area contributed by atoms with Crippen LogP contribution in [0.2, 0.25) is 6.82 Å². The fraction of sp³-hybridized carbons (Fsp3) is 0.286. The van der Waals surface area contributed by atoms with Crippen molar-refractivity contribution in [3.05, 3.63) is 54.7 Å². The molecule has 0 spiro atoms. The monoisotopic (exact) mass is 433 g/mol. The third-order valence-electron chi connectivity index (χ3n) is 5.32. The molecule has 0 bridgehead atoms. The fourth-order valence-corrected chi connectivity index (χ4v) is 3.54. The molecule has 2 N–H and O–H groups in total. The molecule has 0 aromatic carbocycles. The van der Waals surface area contributed by atoms with Crippen LogP contribution in [0.3, 0.4) is 0 Å². The molecule has 0 atom stereocenters. The highest BCUT2D eigenvalue weighted by Gasteiger charge is 2.24. The molecule has 1 saturated heterocycles. The van der Waals surface area contributed by atoms with Gasteiger partial charge >= 0.3 is 7.05 Å². The lowest BCUT2D eigenvalue weighted by atomic mass is 9.84. The zero-order chi connectivity index (χ0) is 22.5. The van der Waals surface area contributed by atoms with E-state index >= 15 is 0 Å². The number of hydrogen-bond donors (Lipinski definition) is 2. The lowest BCUT2D eigenvalue weighted by Crippen LogP contribution is -2.51. The van der Waals surface area contributed by atoms with Crippen LogP contribution in [0.15, 0.2) is 49.1 Å². The Morgan fingerprint density at radius 3 is 2.59 bits per heavy atom. The van der Waals surface area contributed by atoms with Gasteiger partial charge in [-0.2, -0.15) is 0 Å². The summed E-state index contributed by atoms with van der Waals surface area (Å²) in [6, 6.07) is 6.94. The number of methoxy groups -OCH3 is 1. The minimum atomic E-state index is -0.471. The molecule has 164 valence electrons. The minimum absolute atomic E-state index is 0.236. The molecule has 0 radical (unpaired) electrons. The molecule has 3 aromatic heterocycles. The Bertz CT molecular complexity index is 1070. The second-order valence-electron chi connectivity index (χ2n) is 7.36. The molecule has 11 heteroatoms. The average Bonchev–Trinajstić information content (AvgIpc) is 2.84. The number of ether oxygens (including phenoxy) is 1. The van der Waals surface area contributed by atoms with Crippen molar-refractivity contribution in [3.63, 3.8) is 0 Å². The van der Waals surface area contributed by atoms with Gasteiger partial charge in [-0.25, -0.2) is 15.0 Å². The number of aromatic nitrogens is 4. The van der Waals surface area contributed by atoms with E-state index in [9.17, 15) is 9.82 Å². The van der Waals surface area contributed by atoms with E-state index in [-0.39, 0.29) is 11.6 Å². The van der Waals surface area contributed by atoms with Gasteiger partial charge in [-0.3, -0.25) is 9.78 Å². The number of piperazine rings is 1. The zero-order valence-corrected chi connectivity index (χ0v) is 18.0. The first-order valence-electron chi connectivity index (χ1n) is 10.3. The zero-order valence-electron chi connectivity index (χ0n) is 18.0. The Labute approximate surface area is 186 Å². The SMILES string of the molecule is COc1ccc(-c2nccc(C(=O)Nc3cnccc3N3CCN(B(C)O)CC3)n2)cn1. The number of amides is 1. The van der Waals surface area contributed by atoms with E-state index in [2.05, 4.69) is 30.2 Å². The first kappa shape index (κ1) is 21.7. The molecule has 1 fully saturated rings. The van der Waals surface area contributed by atoms with Crippen molar-refractivity contribution in [1.29, 1.82) is 0 Å². The number of hydrogen-bond acceptors (Lipinski definition) is 9. The molecular formula is C21H24BN7O3. The van der Waals surface area contributed by atoms with Gasteiger partial charge in [0.15, 0.2) is 5.82 Å². The summed E-state index contributed by atoms with van der Waals surface area (Å²) >= 11 is 0. The predicted octanol–water partition coefficient (Wildman–Crippen LogP) is 1.43. The normalized spacial score (nSPS) is 14.2. The van der Waals surface area contributed by atoms with Gasteiger partial charge in [0.05, 0.1) is 24.7 Å². The number of anilines is 2. The lowest BCUT2D eigenvalue weighted by molar-refractivity contribution is 0.102. The highest BCUT2D eigenvalue weighted by atomic mass is 16.5. The maximum atomic E-state index is 12.9. The second kappa shape index (κ2) is 9.71. The van der Waals surface area contributed by atoms with E-state index in [0.29, 0.717) is 23.0 Å². The molecule has 0 aliphatic carbocycles. The Morgan fingerprint density at radius 2 is 1.91 bits per heavy atom. The third kappa shape index (κ3) is 4.84. The van der Waals surface area contributed by atoms with Crippen molar-refractivity contribution in [2.45, 2.75) is 6.82 Å². The summed E-state index contributed by atoms with van der Waals surface area (Å²) in [6.45, 7) is 4.71. The van der Waals surface area contributed by atoms with Gasteiger partial charge in [0, 0.05) is 56.4 Å². The van der Waals surface area contributed by atoms with Crippen molar-refractivity contribution in [2.24, 2.45) is 0 Å². The number of rotatable bonds is 6. The molecule has 4 rings (SSSR count). The Morgan fingerprint density at radius 1 is 1.09 bits per heavy atom. The third-order valence-corrected chi connectivity index (χ3v) is 5.32. The molecule has 1 aliphatic heterocycles. The fourth-order valence-electron chi connectivity index (χ4n) is 3.54. The van der Waals surface area contributed by atoms with Crippen LogP contribution in [0.25, 0.3) is 11.4 Å². The first-order valence-corrected chi connectivity index (χ1v) is 10.3. The van der Waals surface area contributed by atoms with E-state index in [4.69, 9.17) is 4.74 Å². The van der Waals surface area contributed by atoms with E-state index in [1.54, 1.807) is 56.9 Å². The standard InChI is InChI=1S/C21H24BN7O3/c1-22(31)29-11-9-28(10-12-29)18-6-7-23-14-17(18)27-21(30)16-5-8-24-20(26-16)15-3-4-19(32-2)25-13-15/h3-8,13-14,31H,9-12H2,1-2H3,(H,27,30). The lowest BCUT2D eigenvalue weighted by Gasteiger charge is -2.37. The number of nitrogens with zero attached hydrogens (tertiary/aromatic N) is 6. The van der Waals surface area contributed by atoms with Crippen LogP contribution in [0, 0.1) is 0 Å². The second-order valence-corrected chi connectivity index (χ2v) is 7.36. The summed E-state index contributed by atoms with van der Waals surface area (Å²) in [5, 5.41) is 12.7. The van der Waals surface area contributed by atoms with Crippen LogP contribution in [0.5, 0.6) is 5.88 Å². The van der Waals surface area contributed by atoms with E-state index in [1.165, 1.54) is 0 Å². The van der Waals surface area contributed by atoms with E-state index in [0.717, 1.165) is 31.9 Å². The van der Waals surface area contributed by atoms with Crippen molar-refractivity contribution in [1.82, 2.24) is 24.7 Å². The number of carbonyl (C=O) groups excluding carboxylic acids is 1. The molecule has 3 aromatic rings. The topological polar surface area (TPSA) is 117 Å². The van der Waals surface area contributed by atoms with Crippen molar-refractivity contribution in [2.75, 3.05) is 43.5 Å². The number of pyridine rings is 2. The van der Waals surface area contributed by atoms with Crippen LogP contribution in [0.4, 0.5) is 11.4 Å². The van der Waals surface area contributed by atoms with Crippen molar-refractivity contribution >= 4 is 24.3 Å². The quantitative estimate of drug-likeness (QED) is 0.557. The molecule has 0 saturated carbocycles. The maximum Gasteiger partial charge on any atom is 0.376 e. The van der Waals surface area contributed by atoms with Crippen molar-refractivity contribution < 1.29 is 14.6 Å². The summed E-state index contributed by atoms with van der Waals surface area (Å²) in [5.74, 6) is 0.529. The summed E-state index contributed by atoms with van der Waals surface area (Å²) in [4.78, 5) is 34.1. The van der Waals surface area contributed by atoms with Gasteiger partial charge in [0.25, 0.3) is 5.91 Å². The number of nitrogens with one attached hydrogen (secondary N) is 1. The van der Waals surface area contributed by atoms with Crippen LogP contribution >= 0.6 is 0 Å². The molecule has 0 unspecified atom stereocenters. The summed E-state index contributed by atoms with van der Waals surface area (Å²) in [5.41, 5.74) is 2.40. The van der Waals surface area contributed by atoms with Gasteiger partial charge in [0.2, 0.25) is 5.88 Å². The summed E-state index contributed by atoms with van der Waals surface area (Å²) < 4.78 is 5.07. The summed E-state index contributed by atoms with van der Waals surface area (Å²) in [6.07, 6.45) is 6.47. The van der Waals surface area contributed by atoms with Gasteiger partial charge in [-0.1, -0.05) is 0 Å². The largest absolute Gasteiger partial charge is 0.481 e. The Balaban J connectivity index is 1.50. The van der Waals surface area contributed by atoms with Gasteiger partial charge in [0.1, 0.15) is 5.69 Å². The Hall–Kier alpha value is -3.57. The predicted molar refractivity (Wildman–Crippen MR) is 122 cm³/mol.